The molecule has 1 aromatic rings. The monoisotopic (exact) mass is 353 g/mol. The smallest absolute Gasteiger partial charge is 0.459 e. The predicted octanol–water partition coefficient (Wildman–Crippen LogP) is 2.27. The summed E-state index contributed by atoms with van der Waals surface area (Å²) in [4.78, 5) is 13.9. The van der Waals surface area contributed by atoms with Gasteiger partial charge >= 0.3 is 21.6 Å². The van der Waals surface area contributed by atoms with Gasteiger partial charge in [0.1, 0.15) is 6.61 Å². The molecule has 1 atom stereocenters. The zero-order valence-corrected chi connectivity index (χ0v) is 12.1. The van der Waals surface area contributed by atoms with E-state index in [9.17, 15) is 26.4 Å². The van der Waals surface area contributed by atoms with Crippen molar-refractivity contribution < 1.29 is 35.3 Å². The third kappa shape index (κ3) is 5.77. The molecule has 0 saturated heterocycles. The standard InChI is InChI=1S/C11H10F3N3O5S/c12-11(13,14)23(19,20)22-9(6-16-17-15)10(18)21-7-8-4-2-1-3-5-8/h1-5,9H,6-7H2. The Morgan fingerprint density at radius 1 is 1.30 bits per heavy atom. The Balaban J connectivity index is 2.81. The zero-order valence-electron chi connectivity index (χ0n) is 11.3. The molecule has 126 valence electrons. The number of hydrogen-bond donors (Lipinski definition) is 0. The summed E-state index contributed by atoms with van der Waals surface area (Å²) in [5.74, 6) is -1.41. The highest BCUT2D eigenvalue weighted by Crippen LogP contribution is 2.26. The summed E-state index contributed by atoms with van der Waals surface area (Å²) >= 11 is 0. The van der Waals surface area contributed by atoms with E-state index in [1.54, 1.807) is 30.3 Å². The third-order valence-corrected chi connectivity index (χ3v) is 3.38. The molecule has 0 amide bonds. The van der Waals surface area contributed by atoms with Crippen LogP contribution >= 0.6 is 0 Å². The first-order valence-corrected chi connectivity index (χ1v) is 7.29. The minimum Gasteiger partial charge on any atom is -0.459 e. The molecular weight excluding hydrogens is 343 g/mol. The molecule has 0 fully saturated rings. The lowest BCUT2D eigenvalue weighted by Crippen LogP contribution is -2.36. The number of azide groups is 1. The first-order chi connectivity index (χ1) is 10.7. The van der Waals surface area contributed by atoms with E-state index in [4.69, 9.17) is 5.53 Å². The van der Waals surface area contributed by atoms with E-state index in [-0.39, 0.29) is 6.61 Å². The molecule has 23 heavy (non-hydrogen) atoms. The van der Waals surface area contributed by atoms with Gasteiger partial charge in [-0.3, -0.25) is 0 Å². The molecule has 0 spiro atoms. The molecule has 0 N–H and O–H groups in total. The molecule has 0 heterocycles. The molecule has 0 aliphatic carbocycles. The van der Waals surface area contributed by atoms with Gasteiger partial charge in [0.2, 0.25) is 0 Å². The molecule has 1 rings (SSSR count). The summed E-state index contributed by atoms with van der Waals surface area (Å²) in [7, 11) is -6.04. The first kappa shape index (κ1) is 18.7. The molecule has 1 unspecified atom stereocenters. The maximum Gasteiger partial charge on any atom is 0.523 e. The van der Waals surface area contributed by atoms with Crippen molar-refractivity contribution >= 4 is 16.1 Å². The molecule has 0 aliphatic rings. The lowest BCUT2D eigenvalue weighted by molar-refractivity contribution is -0.153. The summed E-state index contributed by atoms with van der Waals surface area (Å²) in [5.41, 5.74) is 2.94. The van der Waals surface area contributed by atoms with Crippen LogP contribution in [-0.2, 0) is 30.4 Å². The van der Waals surface area contributed by atoms with Crippen LogP contribution in [0, 0.1) is 0 Å². The first-order valence-electron chi connectivity index (χ1n) is 5.88. The van der Waals surface area contributed by atoms with Crippen LogP contribution in [0.4, 0.5) is 13.2 Å². The number of benzene rings is 1. The normalized spacial score (nSPS) is 13.0. The van der Waals surface area contributed by atoms with Crippen molar-refractivity contribution in [3.05, 3.63) is 46.3 Å². The van der Waals surface area contributed by atoms with Gasteiger partial charge in [-0.15, -0.1) is 0 Å². The number of carbonyl (C=O) groups is 1. The van der Waals surface area contributed by atoms with Crippen molar-refractivity contribution in [1.82, 2.24) is 0 Å². The maximum atomic E-state index is 12.3. The second kappa shape index (κ2) is 7.81. The zero-order chi connectivity index (χ0) is 17.5. The van der Waals surface area contributed by atoms with Crippen LogP contribution in [-0.4, -0.2) is 32.5 Å². The number of nitrogens with zero attached hydrogens (tertiary/aromatic N) is 3. The van der Waals surface area contributed by atoms with Gasteiger partial charge < -0.3 is 4.74 Å². The minimum atomic E-state index is -6.04. The van der Waals surface area contributed by atoms with E-state index in [0.29, 0.717) is 5.56 Å². The Kier molecular flexibility index (Phi) is 6.37. The summed E-state index contributed by atoms with van der Waals surface area (Å²) in [5, 5.41) is 2.84. The average Bonchev–Trinajstić information content (AvgIpc) is 2.48. The van der Waals surface area contributed by atoms with Gasteiger partial charge in [-0.2, -0.15) is 21.6 Å². The van der Waals surface area contributed by atoms with Crippen molar-refractivity contribution in [2.75, 3.05) is 6.54 Å². The highest BCUT2D eigenvalue weighted by Gasteiger charge is 2.49. The topological polar surface area (TPSA) is 118 Å². The maximum absolute atomic E-state index is 12.3. The molecule has 0 aromatic heterocycles. The van der Waals surface area contributed by atoms with Crippen LogP contribution in [0.5, 0.6) is 0 Å². The van der Waals surface area contributed by atoms with Crippen molar-refractivity contribution in [2.24, 2.45) is 5.11 Å². The van der Waals surface area contributed by atoms with E-state index >= 15 is 0 Å². The van der Waals surface area contributed by atoms with Crippen molar-refractivity contribution in [1.29, 1.82) is 0 Å². The molecule has 0 bridgehead atoms. The van der Waals surface area contributed by atoms with Gasteiger partial charge in [-0.05, 0) is 11.1 Å². The molecular formula is C11H10F3N3O5S. The molecule has 1 aromatic carbocycles. The quantitative estimate of drug-likeness (QED) is 0.186. The third-order valence-electron chi connectivity index (χ3n) is 2.32. The average molecular weight is 353 g/mol. The fourth-order valence-corrected chi connectivity index (χ4v) is 1.84. The molecule has 0 radical (unpaired) electrons. The van der Waals surface area contributed by atoms with Crippen molar-refractivity contribution in [3.63, 3.8) is 0 Å². The van der Waals surface area contributed by atoms with Gasteiger partial charge in [-0.1, -0.05) is 35.4 Å². The SMILES string of the molecule is [N-]=[N+]=NCC(OS(=O)(=O)C(F)(F)F)C(=O)OCc1ccccc1. The van der Waals surface area contributed by atoms with Crippen LogP contribution in [0.3, 0.4) is 0 Å². The van der Waals surface area contributed by atoms with Crippen LogP contribution in [0.25, 0.3) is 10.4 Å². The van der Waals surface area contributed by atoms with E-state index in [2.05, 4.69) is 18.9 Å². The number of halogens is 3. The number of ether oxygens (including phenoxy) is 1. The van der Waals surface area contributed by atoms with E-state index in [1.165, 1.54) is 0 Å². The van der Waals surface area contributed by atoms with Gasteiger partial charge in [0, 0.05) is 4.91 Å². The second-order valence-electron chi connectivity index (χ2n) is 3.99. The van der Waals surface area contributed by atoms with E-state index < -0.39 is 34.2 Å². The lowest BCUT2D eigenvalue weighted by atomic mass is 10.2. The second-order valence-corrected chi connectivity index (χ2v) is 5.56. The number of hydrogen-bond acceptors (Lipinski definition) is 6. The fourth-order valence-electron chi connectivity index (χ4n) is 1.28. The highest BCUT2D eigenvalue weighted by atomic mass is 32.2. The summed E-state index contributed by atoms with van der Waals surface area (Å²) in [6.07, 6.45) is -2.23. The lowest BCUT2D eigenvalue weighted by Gasteiger charge is -2.16. The molecule has 0 saturated carbocycles. The van der Waals surface area contributed by atoms with Gasteiger partial charge in [-0.25, -0.2) is 8.98 Å². The van der Waals surface area contributed by atoms with Gasteiger partial charge in [0.25, 0.3) is 0 Å². The number of alkyl halides is 3. The Bertz CT molecular complexity index is 687. The Hall–Kier alpha value is -2.30. The summed E-state index contributed by atoms with van der Waals surface area (Å²) in [6, 6.07) is 8.09. The number of rotatable bonds is 7. The van der Waals surface area contributed by atoms with Crippen LogP contribution in [0.15, 0.2) is 35.4 Å². The van der Waals surface area contributed by atoms with Gasteiger partial charge in [0.15, 0.2) is 6.10 Å². The van der Waals surface area contributed by atoms with Crippen LogP contribution < -0.4 is 0 Å². The Morgan fingerprint density at radius 3 is 2.43 bits per heavy atom. The number of esters is 1. The van der Waals surface area contributed by atoms with E-state index in [0.717, 1.165) is 0 Å². The summed E-state index contributed by atoms with van der Waals surface area (Å²) in [6.45, 7) is -1.29. The van der Waals surface area contributed by atoms with Crippen LogP contribution in [0.2, 0.25) is 0 Å². The van der Waals surface area contributed by atoms with Crippen molar-refractivity contribution in [3.8, 4) is 0 Å². The van der Waals surface area contributed by atoms with Gasteiger partial charge in [0.05, 0.1) is 6.54 Å². The fraction of sp³-hybridized carbons (Fsp3) is 0.364. The van der Waals surface area contributed by atoms with Crippen LogP contribution in [0.1, 0.15) is 5.56 Å². The van der Waals surface area contributed by atoms with Crippen molar-refractivity contribution in [2.45, 2.75) is 18.2 Å². The summed E-state index contributed by atoms with van der Waals surface area (Å²) < 4.78 is 67.0. The Labute approximate surface area is 128 Å². The van der Waals surface area contributed by atoms with E-state index in [1.807, 2.05) is 0 Å². The minimum absolute atomic E-state index is 0.318. The highest BCUT2D eigenvalue weighted by molar-refractivity contribution is 7.87. The number of carbonyl (C=O) groups excluding carboxylic acids is 1. The molecule has 8 nitrogen and oxygen atoms in total. The Morgan fingerprint density at radius 2 is 1.91 bits per heavy atom. The largest absolute Gasteiger partial charge is 0.523 e. The molecule has 12 heteroatoms. The predicted molar refractivity (Wildman–Crippen MR) is 70.1 cm³/mol. The molecule has 0 aliphatic heterocycles.